The summed E-state index contributed by atoms with van der Waals surface area (Å²) < 4.78 is 2.48. The van der Waals surface area contributed by atoms with Crippen LogP contribution in [0, 0.1) is 20.8 Å². The van der Waals surface area contributed by atoms with E-state index in [4.69, 9.17) is 9.97 Å². The van der Waals surface area contributed by atoms with Crippen molar-refractivity contribution < 1.29 is 0 Å². The molecule has 7 heteroatoms. The fourth-order valence-electron chi connectivity index (χ4n) is 3.17. The van der Waals surface area contributed by atoms with Gasteiger partial charge in [0.15, 0.2) is 5.65 Å². The Morgan fingerprint density at radius 1 is 1.13 bits per heavy atom. The van der Waals surface area contributed by atoms with E-state index < -0.39 is 0 Å². The lowest BCUT2D eigenvalue weighted by Crippen LogP contribution is -2.28. The lowest BCUT2D eigenvalue weighted by atomic mass is 10.2. The number of hydrogen-bond acceptors (Lipinski definition) is 5. The highest BCUT2D eigenvalue weighted by molar-refractivity contribution is 9.10. The molecule has 0 bridgehead atoms. The van der Waals surface area contributed by atoms with Crippen LogP contribution in [0.4, 0.5) is 5.95 Å². The molecule has 1 aliphatic heterocycles. The van der Waals surface area contributed by atoms with Gasteiger partial charge in [0.1, 0.15) is 4.83 Å². The van der Waals surface area contributed by atoms with E-state index in [1.807, 2.05) is 20.8 Å². The molecule has 0 N–H and O–H groups in total. The minimum Gasteiger partial charge on any atom is -0.342 e. The molecule has 0 aromatic carbocycles. The first-order valence-electron chi connectivity index (χ1n) is 7.72. The number of hydrogen-bond donors (Lipinski definition) is 0. The SMILES string of the molecule is Cc1nc(N2CCCC2)n2c(=O)c3c(C)c(C)sc3nc2c1Br. The first-order chi connectivity index (χ1) is 11.0. The molecular weight excluding hydrogens is 376 g/mol. The second-order valence-corrected chi connectivity index (χ2v) is 8.04. The van der Waals surface area contributed by atoms with Crippen LogP contribution in [-0.2, 0) is 0 Å². The van der Waals surface area contributed by atoms with Crippen molar-refractivity contribution >= 4 is 49.1 Å². The monoisotopic (exact) mass is 392 g/mol. The van der Waals surface area contributed by atoms with Crippen LogP contribution in [0.2, 0.25) is 0 Å². The Labute approximate surface area is 146 Å². The molecule has 4 rings (SSSR count). The van der Waals surface area contributed by atoms with Crippen molar-refractivity contribution in [2.45, 2.75) is 33.6 Å². The highest BCUT2D eigenvalue weighted by Gasteiger charge is 2.23. The predicted molar refractivity (Wildman–Crippen MR) is 98.0 cm³/mol. The summed E-state index contributed by atoms with van der Waals surface area (Å²) in [5.41, 5.74) is 2.55. The average Bonchev–Trinajstić information content (AvgIpc) is 3.13. The molecule has 3 aromatic rings. The molecule has 0 amide bonds. The van der Waals surface area contributed by atoms with Gasteiger partial charge in [-0.1, -0.05) is 0 Å². The third-order valence-electron chi connectivity index (χ3n) is 4.57. The third kappa shape index (κ3) is 2.13. The maximum atomic E-state index is 13.2. The molecular formula is C16H17BrN4OS. The Morgan fingerprint density at radius 2 is 1.83 bits per heavy atom. The summed E-state index contributed by atoms with van der Waals surface area (Å²) in [5, 5.41) is 0.725. The summed E-state index contributed by atoms with van der Waals surface area (Å²) in [6.45, 7) is 7.86. The molecule has 1 aliphatic rings. The van der Waals surface area contributed by atoms with E-state index in [9.17, 15) is 4.79 Å². The maximum Gasteiger partial charge on any atom is 0.269 e. The lowest BCUT2D eigenvalue weighted by molar-refractivity contribution is 0.849. The summed E-state index contributed by atoms with van der Waals surface area (Å²) in [4.78, 5) is 26.8. The van der Waals surface area contributed by atoms with Crippen molar-refractivity contribution in [1.29, 1.82) is 0 Å². The molecule has 1 saturated heterocycles. The van der Waals surface area contributed by atoms with Crippen LogP contribution in [0.25, 0.3) is 15.9 Å². The van der Waals surface area contributed by atoms with Gasteiger partial charge in [0.25, 0.3) is 5.56 Å². The molecule has 0 atom stereocenters. The van der Waals surface area contributed by atoms with Gasteiger partial charge in [-0.2, -0.15) is 0 Å². The molecule has 3 aromatic heterocycles. The Kier molecular flexibility index (Phi) is 3.46. The first kappa shape index (κ1) is 15.1. The molecule has 0 saturated carbocycles. The van der Waals surface area contributed by atoms with Crippen molar-refractivity contribution in [3.05, 3.63) is 31.0 Å². The van der Waals surface area contributed by atoms with Gasteiger partial charge in [0.05, 0.1) is 15.6 Å². The summed E-state index contributed by atoms with van der Waals surface area (Å²) in [6, 6.07) is 0. The summed E-state index contributed by atoms with van der Waals surface area (Å²) >= 11 is 5.15. The smallest absolute Gasteiger partial charge is 0.269 e. The van der Waals surface area contributed by atoms with Gasteiger partial charge in [-0.3, -0.25) is 4.79 Å². The largest absolute Gasteiger partial charge is 0.342 e. The number of halogens is 1. The number of fused-ring (bicyclic) bond motifs is 2. The van der Waals surface area contributed by atoms with Gasteiger partial charge < -0.3 is 4.90 Å². The highest BCUT2D eigenvalue weighted by Crippen LogP contribution is 2.30. The van der Waals surface area contributed by atoms with E-state index in [0.29, 0.717) is 5.65 Å². The number of nitrogens with zero attached hydrogens (tertiary/aromatic N) is 4. The van der Waals surface area contributed by atoms with E-state index in [1.54, 1.807) is 15.7 Å². The van der Waals surface area contributed by atoms with Crippen molar-refractivity contribution in [2.75, 3.05) is 18.0 Å². The Balaban J connectivity index is 2.20. The fourth-order valence-corrected chi connectivity index (χ4v) is 4.54. The van der Waals surface area contributed by atoms with Gasteiger partial charge in [-0.25, -0.2) is 14.4 Å². The number of anilines is 1. The van der Waals surface area contributed by atoms with E-state index >= 15 is 0 Å². The van der Waals surface area contributed by atoms with Gasteiger partial charge in [0, 0.05) is 18.0 Å². The second kappa shape index (κ2) is 5.27. The molecule has 4 heterocycles. The molecule has 0 unspecified atom stereocenters. The van der Waals surface area contributed by atoms with Crippen molar-refractivity contribution in [1.82, 2.24) is 14.4 Å². The van der Waals surface area contributed by atoms with Crippen LogP contribution in [-0.4, -0.2) is 27.5 Å². The molecule has 120 valence electrons. The van der Waals surface area contributed by atoms with Crippen molar-refractivity contribution in [3.63, 3.8) is 0 Å². The minimum atomic E-state index is -0.0121. The topological polar surface area (TPSA) is 50.5 Å². The highest BCUT2D eigenvalue weighted by atomic mass is 79.9. The van der Waals surface area contributed by atoms with Gasteiger partial charge >= 0.3 is 0 Å². The molecule has 0 spiro atoms. The summed E-state index contributed by atoms with van der Waals surface area (Å²) in [5.74, 6) is 0.723. The predicted octanol–water partition coefficient (Wildman–Crippen LogP) is 3.59. The minimum absolute atomic E-state index is 0.0121. The number of rotatable bonds is 1. The zero-order valence-corrected chi connectivity index (χ0v) is 15.7. The zero-order chi connectivity index (χ0) is 16.3. The second-order valence-electron chi connectivity index (χ2n) is 6.04. The Morgan fingerprint density at radius 3 is 2.52 bits per heavy atom. The van der Waals surface area contributed by atoms with Crippen LogP contribution in [0.1, 0.15) is 29.0 Å². The molecule has 23 heavy (non-hydrogen) atoms. The molecule has 0 aliphatic carbocycles. The first-order valence-corrected chi connectivity index (χ1v) is 9.33. The normalized spacial score (nSPS) is 15.2. The van der Waals surface area contributed by atoms with Crippen LogP contribution in [0.3, 0.4) is 0 Å². The van der Waals surface area contributed by atoms with E-state index in [1.165, 1.54) is 0 Å². The molecule has 5 nitrogen and oxygen atoms in total. The maximum absolute atomic E-state index is 13.2. The summed E-state index contributed by atoms with van der Waals surface area (Å²) in [7, 11) is 0. The third-order valence-corrected chi connectivity index (χ3v) is 6.60. The van der Waals surface area contributed by atoms with Crippen molar-refractivity contribution in [3.8, 4) is 0 Å². The number of thiophene rings is 1. The molecule has 0 radical (unpaired) electrons. The van der Waals surface area contributed by atoms with Gasteiger partial charge in [-0.05, 0) is 55.1 Å². The van der Waals surface area contributed by atoms with Gasteiger partial charge in [0.2, 0.25) is 5.95 Å². The number of aryl methyl sites for hydroxylation is 3. The van der Waals surface area contributed by atoms with Gasteiger partial charge in [-0.15, -0.1) is 11.3 Å². The summed E-state index contributed by atoms with van der Waals surface area (Å²) in [6.07, 6.45) is 2.28. The number of aromatic nitrogens is 3. The zero-order valence-electron chi connectivity index (χ0n) is 13.3. The lowest BCUT2D eigenvalue weighted by Gasteiger charge is -2.20. The fraction of sp³-hybridized carbons (Fsp3) is 0.438. The van der Waals surface area contributed by atoms with E-state index in [2.05, 4.69) is 20.8 Å². The quantitative estimate of drug-likeness (QED) is 0.634. The van der Waals surface area contributed by atoms with Crippen molar-refractivity contribution in [2.24, 2.45) is 0 Å². The van der Waals surface area contributed by atoms with Crippen LogP contribution < -0.4 is 10.5 Å². The standard InChI is InChI=1S/C16H17BrN4OS/c1-8-10(3)23-14-11(8)15(22)21-13(19-14)12(17)9(2)18-16(21)20-6-4-5-7-20/h4-7H2,1-3H3. The van der Waals surface area contributed by atoms with E-state index in [-0.39, 0.29) is 5.56 Å². The van der Waals surface area contributed by atoms with Crippen LogP contribution >= 0.6 is 27.3 Å². The van der Waals surface area contributed by atoms with E-state index in [0.717, 1.165) is 62.7 Å². The van der Waals surface area contributed by atoms with Crippen LogP contribution in [0.5, 0.6) is 0 Å². The average molecular weight is 393 g/mol. The Hall–Kier alpha value is -1.47. The Bertz CT molecular complexity index is 1000. The van der Waals surface area contributed by atoms with Crippen LogP contribution in [0.15, 0.2) is 9.27 Å². The molecule has 1 fully saturated rings.